The number of carbonyl (C=O) groups excluding carboxylic acids is 2. The summed E-state index contributed by atoms with van der Waals surface area (Å²) in [4.78, 5) is 26.7. The quantitative estimate of drug-likeness (QED) is 0.202. The van der Waals surface area contributed by atoms with Crippen LogP contribution in [0.4, 0.5) is 5.69 Å². The lowest BCUT2D eigenvalue weighted by molar-refractivity contribution is -0.122. The Hall–Kier alpha value is -2.30. The van der Waals surface area contributed by atoms with Gasteiger partial charge in [0.2, 0.25) is 0 Å². The number of anilines is 1. The minimum absolute atomic E-state index is 0.0364. The molecule has 1 aliphatic rings. The molecule has 1 saturated heterocycles. The molecule has 0 atom stereocenters. The summed E-state index contributed by atoms with van der Waals surface area (Å²) in [7, 11) is 0. The molecular weight excluding hydrogens is 567 g/mol. The third-order valence-corrected chi connectivity index (χ3v) is 5.71. The number of halogens is 2. The topological polar surface area (TPSA) is 62.6 Å². The van der Waals surface area contributed by atoms with E-state index in [1.54, 1.807) is 30.3 Å². The Labute approximate surface area is 194 Å². The highest BCUT2D eigenvalue weighted by Gasteiger charge is 2.34. The lowest BCUT2D eigenvalue weighted by atomic mass is 10.1. The van der Waals surface area contributed by atoms with Gasteiger partial charge in [-0.25, -0.2) is 0 Å². The second-order valence-corrected chi connectivity index (χ2v) is 8.69. The molecule has 2 amide bonds. The van der Waals surface area contributed by atoms with Crippen LogP contribution >= 0.6 is 50.7 Å². The number of rotatable bonds is 3. The molecule has 5 nitrogen and oxygen atoms in total. The molecule has 1 fully saturated rings. The van der Waals surface area contributed by atoms with Crippen molar-refractivity contribution in [3.05, 3.63) is 80.0 Å². The van der Waals surface area contributed by atoms with Gasteiger partial charge in [0, 0.05) is 13.6 Å². The zero-order valence-corrected chi connectivity index (χ0v) is 19.2. The zero-order chi connectivity index (χ0) is 20.5. The maximum Gasteiger partial charge on any atom is 0.270 e. The smallest absolute Gasteiger partial charge is 0.270 e. The van der Waals surface area contributed by atoms with Gasteiger partial charge in [-0.2, -0.15) is 0 Å². The largest absolute Gasteiger partial charge is 0.457 e. The third kappa shape index (κ3) is 4.19. The highest BCUT2D eigenvalue weighted by Crippen LogP contribution is 2.27. The van der Waals surface area contributed by atoms with Crippen LogP contribution in [0.5, 0.6) is 0 Å². The molecule has 1 N–H and O–H groups in total. The predicted octanol–water partition coefficient (Wildman–Crippen LogP) is 5.15. The van der Waals surface area contributed by atoms with Gasteiger partial charge in [0.05, 0.1) is 5.69 Å². The summed E-state index contributed by atoms with van der Waals surface area (Å²) in [5.41, 5.74) is 1.41. The number of nitrogens with one attached hydrogen (secondary N) is 1. The number of carbonyl (C=O) groups is 2. The summed E-state index contributed by atoms with van der Waals surface area (Å²) in [6.07, 6.45) is 1.43. The molecule has 2 heterocycles. The van der Waals surface area contributed by atoms with Crippen molar-refractivity contribution < 1.29 is 14.0 Å². The third-order valence-electron chi connectivity index (χ3n) is 4.21. The van der Waals surface area contributed by atoms with Crippen molar-refractivity contribution in [2.24, 2.45) is 0 Å². The number of hydrogen-bond donors (Lipinski definition) is 1. The van der Waals surface area contributed by atoms with Crippen molar-refractivity contribution in [3.63, 3.8) is 0 Å². The van der Waals surface area contributed by atoms with Crippen LogP contribution in [-0.2, 0) is 9.59 Å². The van der Waals surface area contributed by atoms with E-state index in [0.29, 0.717) is 17.2 Å². The van der Waals surface area contributed by atoms with Crippen molar-refractivity contribution in [1.29, 1.82) is 0 Å². The predicted molar refractivity (Wildman–Crippen MR) is 127 cm³/mol. The van der Waals surface area contributed by atoms with E-state index >= 15 is 0 Å². The summed E-state index contributed by atoms with van der Waals surface area (Å²) in [6, 6.07) is 18.5. The van der Waals surface area contributed by atoms with Crippen LogP contribution in [-0.4, -0.2) is 16.9 Å². The first-order chi connectivity index (χ1) is 13.9. The number of furan rings is 1. The van der Waals surface area contributed by atoms with Gasteiger partial charge in [0.25, 0.3) is 11.8 Å². The van der Waals surface area contributed by atoms with Crippen LogP contribution in [0.2, 0.25) is 0 Å². The maximum atomic E-state index is 13.0. The molecule has 3 aromatic rings. The summed E-state index contributed by atoms with van der Waals surface area (Å²) >= 11 is 10.8. The molecule has 0 saturated carbocycles. The maximum absolute atomic E-state index is 13.0. The number of benzene rings is 2. The van der Waals surface area contributed by atoms with Crippen molar-refractivity contribution in [2.75, 3.05) is 4.90 Å². The Morgan fingerprint density at radius 1 is 1.07 bits per heavy atom. The molecule has 0 bridgehead atoms. The molecule has 0 spiro atoms. The molecule has 0 aliphatic carbocycles. The normalized spacial score (nSPS) is 15.7. The van der Waals surface area contributed by atoms with E-state index in [4.69, 9.17) is 16.6 Å². The monoisotopic (exact) mass is 578 g/mol. The average Bonchev–Trinajstić information content (AvgIpc) is 3.14. The highest BCUT2D eigenvalue weighted by molar-refractivity contribution is 14.1. The van der Waals surface area contributed by atoms with Crippen molar-refractivity contribution in [2.45, 2.75) is 0 Å². The van der Waals surface area contributed by atoms with Crippen LogP contribution in [0.3, 0.4) is 0 Å². The Morgan fingerprint density at radius 2 is 1.83 bits per heavy atom. The first-order valence-electron chi connectivity index (χ1n) is 8.45. The van der Waals surface area contributed by atoms with E-state index in [0.717, 1.165) is 13.6 Å². The van der Waals surface area contributed by atoms with Gasteiger partial charge in [-0.3, -0.25) is 19.8 Å². The lowest BCUT2D eigenvalue weighted by Gasteiger charge is -2.28. The second kappa shape index (κ2) is 8.21. The van der Waals surface area contributed by atoms with E-state index < -0.39 is 11.8 Å². The van der Waals surface area contributed by atoms with Crippen LogP contribution in [0, 0.1) is 3.57 Å². The average molecular weight is 579 g/mol. The molecule has 144 valence electrons. The van der Waals surface area contributed by atoms with Crippen LogP contribution in [0.15, 0.2) is 75.1 Å². The van der Waals surface area contributed by atoms with Gasteiger partial charge in [0.15, 0.2) is 5.11 Å². The number of hydrogen-bond acceptors (Lipinski definition) is 4. The summed E-state index contributed by atoms with van der Waals surface area (Å²) in [5.74, 6) is -0.0159. The Bertz CT molecular complexity index is 1170. The van der Waals surface area contributed by atoms with Gasteiger partial charge in [-0.05, 0) is 83.3 Å². The molecule has 29 heavy (non-hydrogen) atoms. The number of nitrogens with zero attached hydrogens (tertiary/aromatic N) is 1. The number of amides is 2. The first kappa shape index (κ1) is 20.0. The second-order valence-electron chi connectivity index (χ2n) is 6.15. The molecule has 2 aromatic carbocycles. The fourth-order valence-corrected chi connectivity index (χ4v) is 3.88. The molecule has 1 aromatic heterocycles. The van der Waals surface area contributed by atoms with E-state index in [-0.39, 0.29) is 10.7 Å². The summed E-state index contributed by atoms with van der Waals surface area (Å²) in [5, 5.41) is 2.60. The minimum atomic E-state index is -0.557. The SMILES string of the molecule is O=C1NC(=S)N(c2cccc(Br)c2)C(=O)/C1=C/c1ccc(-c2ccc(I)cc2)o1. The van der Waals surface area contributed by atoms with Crippen LogP contribution < -0.4 is 10.2 Å². The van der Waals surface area contributed by atoms with Crippen LogP contribution in [0.1, 0.15) is 5.76 Å². The Balaban J connectivity index is 1.67. The van der Waals surface area contributed by atoms with Gasteiger partial charge < -0.3 is 4.42 Å². The molecule has 8 heteroatoms. The van der Waals surface area contributed by atoms with Crippen molar-refractivity contribution >= 4 is 79.4 Å². The molecular formula is C21H12BrIN2O3S. The molecule has 0 radical (unpaired) electrons. The van der Waals surface area contributed by atoms with E-state index in [2.05, 4.69) is 43.8 Å². The van der Waals surface area contributed by atoms with Gasteiger partial charge in [-0.15, -0.1) is 0 Å². The first-order valence-corrected chi connectivity index (χ1v) is 10.7. The van der Waals surface area contributed by atoms with Crippen molar-refractivity contribution in [1.82, 2.24) is 5.32 Å². The van der Waals surface area contributed by atoms with E-state index in [1.165, 1.54) is 11.0 Å². The summed E-state index contributed by atoms with van der Waals surface area (Å²) < 4.78 is 7.74. The van der Waals surface area contributed by atoms with E-state index in [9.17, 15) is 9.59 Å². The standard InChI is InChI=1S/C21H12BrIN2O3S/c22-13-2-1-3-15(10-13)25-20(27)17(19(26)24-21(25)29)11-16-8-9-18(28-16)12-4-6-14(23)7-5-12/h1-11H,(H,24,26,29)/b17-11+. The van der Waals surface area contributed by atoms with Gasteiger partial charge in [-0.1, -0.05) is 34.1 Å². The number of thiocarbonyl (C=S) groups is 1. The van der Waals surface area contributed by atoms with Gasteiger partial charge in [0.1, 0.15) is 17.1 Å². The van der Waals surface area contributed by atoms with Crippen LogP contribution in [0.25, 0.3) is 17.4 Å². The Morgan fingerprint density at radius 3 is 2.55 bits per heavy atom. The summed E-state index contributed by atoms with van der Waals surface area (Å²) in [6.45, 7) is 0. The Kier molecular flexibility index (Phi) is 5.66. The van der Waals surface area contributed by atoms with Gasteiger partial charge >= 0.3 is 0 Å². The fraction of sp³-hybridized carbons (Fsp3) is 0. The van der Waals surface area contributed by atoms with E-state index in [1.807, 2.05) is 30.3 Å². The zero-order valence-electron chi connectivity index (χ0n) is 14.7. The minimum Gasteiger partial charge on any atom is -0.457 e. The van der Waals surface area contributed by atoms with Crippen molar-refractivity contribution in [3.8, 4) is 11.3 Å². The molecule has 0 unspecified atom stereocenters. The molecule has 4 rings (SSSR count). The highest BCUT2D eigenvalue weighted by atomic mass is 127. The fourth-order valence-electron chi connectivity index (χ4n) is 2.85. The molecule has 1 aliphatic heterocycles. The lowest BCUT2D eigenvalue weighted by Crippen LogP contribution is -2.54.